The highest BCUT2D eigenvalue weighted by molar-refractivity contribution is 5.58. The lowest BCUT2D eigenvalue weighted by molar-refractivity contribution is -0.178. The van der Waals surface area contributed by atoms with Crippen molar-refractivity contribution in [1.29, 1.82) is 0 Å². The van der Waals surface area contributed by atoms with E-state index in [0.717, 1.165) is 0 Å². The van der Waals surface area contributed by atoms with Crippen LogP contribution in [0.25, 0.3) is 0 Å². The van der Waals surface area contributed by atoms with Crippen molar-refractivity contribution in [3.05, 3.63) is 24.3 Å². The van der Waals surface area contributed by atoms with E-state index in [4.69, 9.17) is 14.2 Å². The highest BCUT2D eigenvalue weighted by Gasteiger charge is 2.42. The molecule has 0 aromatic heterocycles. The second-order valence-electron chi connectivity index (χ2n) is 6.01. The van der Waals surface area contributed by atoms with Crippen LogP contribution >= 0.6 is 0 Å². The second kappa shape index (κ2) is 6.20. The van der Waals surface area contributed by atoms with E-state index in [1.54, 1.807) is 24.3 Å². The van der Waals surface area contributed by atoms with Crippen LogP contribution in [-0.2, 0) is 9.47 Å². The Bertz CT molecular complexity index is 542. The summed E-state index contributed by atoms with van der Waals surface area (Å²) in [7, 11) is 0. The smallest absolute Gasteiger partial charge is 0.422 e. The van der Waals surface area contributed by atoms with E-state index in [0.29, 0.717) is 38.2 Å². The lowest BCUT2D eigenvalue weighted by atomic mass is 10.0. The number of para-hydroxylation sites is 2. The van der Waals surface area contributed by atoms with Gasteiger partial charge >= 0.3 is 6.18 Å². The van der Waals surface area contributed by atoms with E-state index in [-0.39, 0.29) is 11.9 Å². The molecule has 2 fully saturated rings. The zero-order valence-electron chi connectivity index (χ0n) is 12.9. The normalized spacial score (nSPS) is 24.2. The molecule has 1 aromatic rings. The molecule has 1 aromatic carbocycles. The summed E-state index contributed by atoms with van der Waals surface area (Å²) < 4.78 is 53.7. The molecule has 0 bridgehead atoms. The first-order valence-electron chi connectivity index (χ1n) is 7.72. The molecule has 0 aliphatic carbocycles. The van der Waals surface area contributed by atoms with Gasteiger partial charge in [0.2, 0.25) is 0 Å². The summed E-state index contributed by atoms with van der Waals surface area (Å²) in [6.07, 6.45) is -2.89. The minimum Gasteiger partial charge on any atom is -0.482 e. The number of hydrogen-bond acceptors (Lipinski definition) is 4. The van der Waals surface area contributed by atoms with Crippen molar-refractivity contribution in [3.63, 3.8) is 0 Å². The number of nitrogens with zero attached hydrogens (tertiary/aromatic N) is 1. The summed E-state index contributed by atoms with van der Waals surface area (Å²) in [5.41, 5.74) is 0.678. The summed E-state index contributed by atoms with van der Waals surface area (Å²) in [6, 6.07) is 6.81. The molecule has 2 saturated heterocycles. The Balaban J connectivity index is 1.66. The highest BCUT2D eigenvalue weighted by Crippen LogP contribution is 2.38. The molecule has 0 amide bonds. The van der Waals surface area contributed by atoms with Gasteiger partial charge in [0.1, 0.15) is 5.75 Å². The Labute approximate surface area is 133 Å². The van der Waals surface area contributed by atoms with Gasteiger partial charge in [-0.05, 0) is 19.1 Å². The van der Waals surface area contributed by atoms with Crippen LogP contribution < -0.4 is 9.64 Å². The number of rotatable bonds is 3. The largest absolute Gasteiger partial charge is 0.482 e. The third kappa shape index (κ3) is 3.90. The maximum atomic E-state index is 12.4. The van der Waals surface area contributed by atoms with Crippen LogP contribution in [0.2, 0.25) is 0 Å². The molecule has 2 aliphatic rings. The van der Waals surface area contributed by atoms with E-state index < -0.39 is 18.6 Å². The van der Waals surface area contributed by atoms with Crippen LogP contribution in [0.1, 0.15) is 19.8 Å². The Kier molecular flexibility index (Phi) is 4.42. The van der Waals surface area contributed by atoms with Gasteiger partial charge in [0.25, 0.3) is 0 Å². The fraction of sp³-hybridized carbons (Fsp3) is 0.625. The van der Waals surface area contributed by atoms with Gasteiger partial charge in [0, 0.05) is 25.9 Å². The molecule has 7 heteroatoms. The number of halogens is 3. The van der Waals surface area contributed by atoms with Crippen molar-refractivity contribution >= 4 is 5.69 Å². The molecule has 0 N–H and O–H groups in total. The van der Waals surface area contributed by atoms with Crippen LogP contribution in [-0.4, -0.2) is 44.4 Å². The molecule has 2 aliphatic heterocycles. The fourth-order valence-electron chi connectivity index (χ4n) is 3.05. The minimum absolute atomic E-state index is 0.0870. The predicted octanol–water partition coefficient (Wildman–Crippen LogP) is 3.36. The number of ether oxygens (including phenoxy) is 3. The molecular weight excluding hydrogens is 311 g/mol. The Hall–Kier alpha value is -1.47. The van der Waals surface area contributed by atoms with Crippen LogP contribution in [0.3, 0.4) is 0 Å². The van der Waals surface area contributed by atoms with Crippen molar-refractivity contribution in [2.75, 3.05) is 31.2 Å². The lowest BCUT2D eigenvalue weighted by Crippen LogP contribution is -2.45. The average molecular weight is 331 g/mol. The first-order chi connectivity index (χ1) is 10.9. The summed E-state index contributed by atoms with van der Waals surface area (Å²) in [6.45, 7) is 2.58. The standard InChI is InChI=1S/C16H20F3NO3/c1-12-10-22-15(23-12)6-8-20(9-7-15)13-4-2-3-5-14(13)21-11-16(17,18)19/h2-5,12H,6-11H2,1H3. The number of anilines is 1. The molecule has 23 heavy (non-hydrogen) atoms. The third-order valence-electron chi connectivity index (χ3n) is 4.12. The average Bonchev–Trinajstić information content (AvgIpc) is 2.86. The maximum Gasteiger partial charge on any atom is 0.422 e. The summed E-state index contributed by atoms with van der Waals surface area (Å²) in [4.78, 5) is 2.02. The van der Waals surface area contributed by atoms with Gasteiger partial charge in [0.05, 0.1) is 18.4 Å². The van der Waals surface area contributed by atoms with Crippen LogP contribution in [0.4, 0.5) is 18.9 Å². The number of alkyl halides is 3. The third-order valence-corrected chi connectivity index (χ3v) is 4.12. The topological polar surface area (TPSA) is 30.9 Å². The van der Waals surface area contributed by atoms with Crippen molar-refractivity contribution in [2.24, 2.45) is 0 Å². The molecule has 4 nitrogen and oxygen atoms in total. The van der Waals surface area contributed by atoms with Crippen molar-refractivity contribution in [1.82, 2.24) is 0 Å². The van der Waals surface area contributed by atoms with Gasteiger partial charge in [-0.25, -0.2) is 0 Å². The number of piperidine rings is 1. The van der Waals surface area contributed by atoms with E-state index in [9.17, 15) is 13.2 Å². The van der Waals surface area contributed by atoms with Gasteiger partial charge < -0.3 is 19.1 Å². The van der Waals surface area contributed by atoms with Crippen molar-refractivity contribution in [3.8, 4) is 5.75 Å². The zero-order chi connectivity index (χ0) is 16.5. The van der Waals surface area contributed by atoms with Crippen LogP contribution in [0.5, 0.6) is 5.75 Å². The van der Waals surface area contributed by atoms with E-state index in [1.165, 1.54) is 0 Å². The molecule has 0 saturated carbocycles. The molecule has 1 atom stereocenters. The van der Waals surface area contributed by atoms with Crippen LogP contribution in [0, 0.1) is 0 Å². The monoisotopic (exact) mass is 331 g/mol. The highest BCUT2D eigenvalue weighted by atomic mass is 19.4. The van der Waals surface area contributed by atoms with Gasteiger partial charge in [-0.15, -0.1) is 0 Å². The molecule has 128 valence electrons. The summed E-state index contributed by atoms with van der Waals surface area (Å²) in [5.74, 6) is -0.278. The second-order valence-corrected chi connectivity index (χ2v) is 6.01. The van der Waals surface area contributed by atoms with E-state index in [2.05, 4.69) is 0 Å². The molecule has 1 unspecified atom stereocenters. The van der Waals surface area contributed by atoms with Crippen molar-refractivity contribution < 1.29 is 27.4 Å². The molecular formula is C16H20F3NO3. The SMILES string of the molecule is CC1COC2(CCN(c3ccccc3OCC(F)(F)F)CC2)O1. The molecule has 0 radical (unpaired) electrons. The van der Waals surface area contributed by atoms with E-state index in [1.807, 2.05) is 11.8 Å². The fourth-order valence-corrected chi connectivity index (χ4v) is 3.05. The molecule has 1 spiro atoms. The Morgan fingerprint density at radius 2 is 1.96 bits per heavy atom. The quantitative estimate of drug-likeness (QED) is 0.850. The van der Waals surface area contributed by atoms with Gasteiger partial charge in [-0.2, -0.15) is 13.2 Å². The predicted molar refractivity (Wildman–Crippen MR) is 78.7 cm³/mol. The summed E-state index contributed by atoms with van der Waals surface area (Å²) >= 11 is 0. The number of benzene rings is 1. The van der Waals surface area contributed by atoms with E-state index >= 15 is 0 Å². The maximum absolute atomic E-state index is 12.4. The first kappa shape index (κ1) is 16.4. The van der Waals surface area contributed by atoms with Gasteiger partial charge in [-0.3, -0.25) is 0 Å². The molecule has 3 rings (SSSR count). The Morgan fingerprint density at radius 3 is 2.57 bits per heavy atom. The zero-order valence-corrected chi connectivity index (χ0v) is 12.9. The Morgan fingerprint density at radius 1 is 1.26 bits per heavy atom. The number of hydrogen-bond donors (Lipinski definition) is 0. The first-order valence-corrected chi connectivity index (χ1v) is 7.72. The van der Waals surface area contributed by atoms with Crippen LogP contribution in [0.15, 0.2) is 24.3 Å². The minimum atomic E-state index is -4.35. The van der Waals surface area contributed by atoms with Gasteiger partial charge in [0.15, 0.2) is 12.4 Å². The van der Waals surface area contributed by atoms with Gasteiger partial charge in [-0.1, -0.05) is 12.1 Å². The summed E-state index contributed by atoms with van der Waals surface area (Å²) in [5, 5.41) is 0. The van der Waals surface area contributed by atoms with Crippen molar-refractivity contribution in [2.45, 2.75) is 37.8 Å². The lowest BCUT2D eigenvalue weighted by Gasteiger charge is -2.39. The molecule has 2 heterocycles.